The Morgan fingerprint density at radius 2 is 1.84 bits per heavy atom. The number of rotatable bonds is 4. The lowest BCUT2D eigenvalue weighted by atomic mass is 10.0. The van der Waals surface area contributed by atoms with Gasteiger partial charge in [0.2, 0.25) is 5.91 Å². The van der Waals surface area contributed by atoms with E-state index < -0.39 is 5.97 Å². The van der Waals surface area contributed by atoms with Crippen LogP contribution in [0, 0.1) is 5.92 Å². The highest BCUT2D eigenvalue weighted by molar-refractivity contribution is 5.80. The molecule has 0 radical (unpaired) electrons. The fourth-order valence-electron chi connectivity index (χ4n) is 2.98. The number of nitrogens with zero attached hydrogens (tertiary/aromatic N) is 2. The van der Waals surface area contributed by atoms with Gasteiger partial charge in [-0.2, -0.15) is 0 Å². The Labute approximate surface area is 113 Å². The monoisotopic (exact) mass is 269 g/mol. The third-order valence-corrected chi connectivity index (χ3v) is 4.21. The van der Waals surface area contributed by atoms with E-state index in [1.165, 1.54) is 0 Å². The van der Waals surface area contributed by atoms with Crippen molar-refractivity contribution in [1.29, 1.82) is 0 Å². The van der Waals surface area contributed by atoms with Crippen molar-refractivity contribution in [2.45, 2.75) is 31.7 Å². The second-order valence-corrected chi connectivity index (χ2v) is 5.51. The van der Waals surface area contributed by atoms with Crippen LogP contribution in [0.3, 0.4) is 0 Å². The first-order valence-corrected chi connectivity index (χ1v) is 7.06. The molecule has 2 rings (SSSR count). The maximum atomic E-state index is 12.3. The zero-order valence-electron chi connectivity index (χ0n) is 11.3. The second kappa shape index (κ2) is 6.34. The summed E-state index contributed by atoms with van der Waals surface area (Å²) in [6, 6.07) is 0.0255. The molecule has 0 bridgehead atoms. The van der Waals surface area contributed by atoms with E-state index in [0.717, 1.165) is 32.4 Å². The van der Waals surface area contributed by atoms with E-state index in [2.05, 4.69) is 4.90 Å². The van der Waals surface area contributed by atoms with E-state index in [1.807, 2.05) is 4.90 Å². The molecule has 6 nitrogen and oxygen atoms in total. The molecule has 2 aliphatic rings. The number of hydrogen-bond acceptors (Lipinski definition) is 4. The Bertz CT molecular complexity index is 340. The number of carbonyl (C=O) groups excluding carboxylic acids is 1. The van der Waals surface area contributed by atoms with E-state index >= 15 is 0 Å². The standard InChI is InChI=1S/C13H23N3O3/c14-11-3-1-2-10(11)13(19)16-8-6-15(7-9-16)5-4-12(17)18/h10-11H,1-9,14H2,(H,17,18). The summed E-state index contributed by atoms with van der Waals surface area (Å²) in [5, 5.41) is 8.65. The SMILES string of the molecule is NC1CCCC1C(=O)N1CCN(CCC(=O)O)CC1. The Morgan fingerprint density at radius 3 is 2.37 bits per heavy atom. The van der Waals surface area contributed by atoms with E-state index in [9.17, 15) is 9.59 Å². The largest absolute Gasteiger partial charge is 0.481 e. The van der Waals surface area contributed by atoms with Crippen molar-refractivity contribution in [3.63, 3.8) is 0 Å². The van der Waals surface area contributed by atoms with Crippen molar-refractivity contribution in [2.24, 2.45) is 11.7 Å². The average Bonchev–Trinajstić information content (AvgIpc) is 2.82. The maximum Gasteiger partial charge on any atom is 0.304 e. The van der Waals surface area contributed by atoms with Crippen LogP contribution in [0.25, 0.3) is 0 Å². The minimum Gasteiger partial charge on any atom is -0.481 e. The summed E-state index contributed by atoms with van der Waals surface area (Å²) in [5.41, 5.74) is 5.97. The molecule has 1 saturated carbocycles. The zero-order chi connectivity index (χ0) is 13.8. The van der Waals surface area contributed by atoms with Gasteiger partial charge in [-0.15, -0.1) is 0 Å². The van der Waals surface area contributed by atoms with Crippen LogP contribution in [0.5, 0.6) is 0 Å². The van der Waals surface area contributed by atoms with Crippen LogP contribution >= 0.6 is 0 Å². The molecule has 1 heterocycles. The Hall–Kier alpha value is -1.14. The van der Waals surface area contributed by atoms with Crippen LogP contribution in [0.1, 0.15) is 25.7 Å². The van der Waals surface area contributed by atoms with E-state index in [1.54, 1.807) is 0 Å². The highest BCUT2D eigenvalue weighted by atomic mass is 16.4. The van der Waals surface area contributed by atoms with Crippen LogP contribution in [-0.2, 0) is 9.59 Å². The topological polar surface area (TPSA) is 86.9 Å². The molecule has 2 unspecified atom stereocenters. The summed E-state index contributed by atoms with van der Waals surface area (Å²) in [4.78, 5) is 26.8. The van der Waals surface area contributed by atoms with Crippen molar-refractivity contribution >= 4 is 11.9 Å². The molecule has 1 amide bonds. The number of piperazine rings is 1. The summed E-state index contributed by atoms with van der Waals surface area (Å²) in [6.07, 6.45) is 3.09. The minimum atomic E-state index is -0.768. The third-order valence-electron chi connectivity index (χ3n) is 4.21. The van der Waals surface area contributed by atoms with Crippen LogP contribution in [0.2, 0.25) is 0 Å². The molecule has 2 atom stereocenters. The van der Waals surface area contributed by atoms with Gasteiger partial charge in [0.15, 0.2) is 0 Å². The highest BCUT2D eigenvalue weighted by Gasteiger charge is 2.34. The molecule has 1 aliphatic heterocycles. The van der Waals surface area contributed by atoms with Crippen molar-refractivity contribution in [2.75, 3.05) is 32.7 Å². The lowest BCUT2D eigenvalue weighted by Crippen LogP contribution is -2.52. The van der Waals surface area contributed by atoms with Crippen LogP contribution in [0.15, 0.2) is 0 Å². The molecule has 0 aromatic rings. The highest BCUT2D eigenvalue weighted by Crippen LogP contribution is 2.26. The van der Waals surface area contributed by atoms with Gasteiger partial charge in [-0.1, -0.05) is 6.42 Å². The maximum absolute atomic E-state index is 12.3. The molecule has 1 saturated heterocycles. The summed E-state index contributed by atoms with van der Waals surface area (Å²) in [6.45, 7) is 3.49. The molecular weight excluding hydrogens is 246 g/mol. The normalized spacial score (nSPS) is 28.6. The molecule has 3 N–H and O–H groups in total. The predicted molar refractivity (Wildman–Crippen MR) is 70.6 cm³/mol. The summed E-state index contributed by atoms with van der Waals surface area (Å²) < 4.78 is 0. The summed E-state index contributed by atoms with van der Waals surface area (Å²) >= 11 is 0. The van der Waals surface area contributed by atoms with E-state index in [-0.39, 0.29) is 24.3 Å². The number of aliphatic carboxylic acids is 1. The summed E-state index contributed by atoms with van der Waals surface area (Å²) in [7, 11) is 0. The second-order valence-electron chi connectivity index (χ2n) is 5.51. The molecule has 0 aromatic heterocycles. The van der Waals surface area contributed by atoms with Crippen LogP contribution in [0.4, 0.5) is 0 Å². The van der Waals surface area contributed by atoms with Gasteiger partial charge in [0, 0.05) is 38.8 Å². The number of carbonyl (C=O) groups is 2. The van der Waals surface area contributed by atoms with Gasteiger partial charge in [-0.25, -0.2) is 0 Å². The molecule has 2 fully saturated rings. The van der Waals surface area contributed by atoms with Crippen molar-refractivity contribution < 1.29 is 14.7 Å². The van der Waals surface area contributed by atoms with Crippen LogP contribution in [-0.4, -0.2) is 65.5 Å². The van der Waals surface area contributed by atoms with Crippen LogP contribution < -0.4 is 5.73 Å². The number of carboxylic acids is 1. The third kappa shape index (κ3) is 3.67. The first kappa shape index (κ1) is 14.3. The fraction of sp³-hybridized carbons (Fsp3) is 0.846. The Kier molecular flexibility index (Phi) is 4.76. The zero-order valence-corrected chi connectivity index (χ0v) is 11.3. The van der Waals surface area contributed by atoms with Gasteiger partial charge in [0.25, 0.3) is 0 Å². The molecule has 1 aliphatic carbocycles. The predicted octanol–water partition coefficient (Wildman–Crippen LogP) is -0.267. The van der Waals surface area contributed by atoms with Gasteiger partial charge in [-0.05, 0) is 12.8 Å². The molecule has 0 spiro atoms. The number of nitrogens with two attached hydrogens (primary N) is 1. The van der Waals surface area contributed by atoms with Gasteiger partial charge in [0.1, 0.15) is 0 Å². The molecule has 108 valence electrons. The molecule has 0 aromatic carbocycles. The molecule has 6 heteroatoms. The first-order valence-electron chi connectivity index (χ1n) is 7.06. The first-order chi connectivity index (χ1) is 9.08. The van der Waals surface area contributed by atoms with Crippen molar-refractivity contribution in [1.82, 2.24) is 9.80 Å². The van der Waals surface area contributed by atoms with Gasteiger partial charge in [0.05, 0.1) is 12.3 Å². The number of amides is 1. The van der Waals surface area contributed by atoms with Crippen molar-refractivity contribution in [3.05, 3.63) is 0 Å². The lowest BCUT2D eigenvalue weighted by Gasteiger charge is -2.36. The fourth-order valence-corrected chi connectivity index (χ4v) is 2.98. The number of carboxylic acid groups (broad SMARTS) is 1. The van der Waals surface area contributed by atoms with E-state index in [4.69, 9.17) is 10.8 Å². The average molecular weight is 269 g/mol. The number of hydrogen-bond donors (Lipinski definition) is 2. The minimum absolute atomic E-state index is 0.00516. The Morgan fingerprint density at radius 1 is 1.16 bits per heavy atom. The molecule has 19 heavy (non-hydrogen) atoms. The summed E-state index contributed by atoms with van der Waals surface area (Å²) in [5.74, 6) is -0.566. The van der Waals surface area contributed by atoms with E-state index in [0.29, 0.717) is 19.6 Å². The Balaban J connectivity index is 1.76. The van der Waals surface area contributed by atoms with Gasteiger partial charge < -0.3 is 15.7 Å². The smallest absolute Gasteiger partial charge is 0.304 e. The van der Waals surface area contributed by atoms with Gasteiger partial charge in [-0.3, -0.25) is 14.5 Å². The molecular formula is C13H23N3O3. The van der Waals surface area contributed by atoms with Crippen molar-refractivity contribution in [3.8, 4) is 0 Å². The van der Waals surface area contributed by atoms with Gasteiger partial charge >= 0.3 is 5.97 Å². The lowest BCUT2D eigenvalue weighted by molar-refractivity contribution is -0.139. The quantitative estimate of drug-likeness (QED) is 0.734.